The number of rotatable bonds is 6. The number of carbonyl (C=O) groups is 1. The fourth-order valence-corrected chi connectivity index (χ4v) is 1.06. The first-order chi connectivity index (χ1) is 8.11. The minimum atomic E-state index is -2.54. The average molecular weight is 248 g/mol. The summed E-state index contributed by atoms with van der Waals surface area (Å²) in [6, 6.07) is 1.23. The van der Waals surface area contributed by atoms with E-state index in [1.807, 2.05) is 0 Å². The molecular formula is C10H11F3N2O2. The number of halogens is 3. The molecule has 0 atom stereocenters. The van der Waals surface area contributed by atoms with Crippen molar-refractivity contribution in [1.29, 1.82) is 0 Å². The van der Waals surface area contributed by atoms with Crippen molar-refractivity contribution < 1.29 is 22.7 Å². The van der Waals surface area contributed by atoms with Gasteiger partial charge in [0.1, 0.15) is 6.61 Å². The predicted molar refractivity (Wildman–Crippen MR) is 53.4 cm³/mol. The summed E-state index contributed by atoms with van der Waals surface area (Å²) in [4.78, 5) is 14.9. The topological polar surface area (TPSA) is 51.2 Å². The number of hydrogen-bond acceptors (Lipinski definition) is 3. The monoisotopic (exact) mass is 248 g/mol. The average Bonchev–Trinajstić information content (AvgIpc) is 2.28. The van der Waals surface area contributed by atoms with Gasteiger partial charge in [0.2, 0.25) is 0 Å². The Morgan fingerprint density at radius 1 is 1.53 bits per heavy atom. The number of hydrogen-bond donors (Lipinski definition) is 1. The van der Waals surface area contributed by atoms with Gasteiger partial charge in [-0.05, 0) is 6.07 Å². The van der Waals surface area contributed by atoms with E-state index >= 15 is 0 Å². The number of amides is 1. The van der Waals surface area contributed by atoms with E-state index in [1.54, 1.807) is 0 Å². The van der Waals surface area contributed by atoms with Gasteiger partial charge in [-0.3, -0.25) is 9.78 Å². The molecule has 7 heteroatoms. The highest BCUT2D eigenvalue weighted by atomic mass is 19.3. The molecule has 0 aliphatic rings. The van der Waals surface area contributed by atoms with Crippen LogP contribution in [-0.4, -0.2) is 37.1 Å². The van der Waals surface area contributed by atoms with Crippen molar-refractivity contribution >= 4 is 5.91 Å². The van der Waals surface area contributed by atoms with Crippen LogP contribution >= 0.6 is 0 Å². The number of alkyl halides is 2. The summed E-state index contributed by atoms with van der Waals surface area (Å²) in [5.74, 6) is -1.37. The third kappa shape index (κ3) is 4.81. The molecule has 0 aliphatic carbocycles. The fraction of sp³-hybridized carbons (Fsp3) is 0.400. The van der Waals surface area contributed by atoms with Crippen LogP contribution in [0.15, 0.2) is 18.5 Å². The second-order valence-corrected chi connectivity index (χ2v) is 3.08. The van der Waals surface area contributed by atoms with Gasteiger partial charge in [-0.1, -0.05) is 0 Å². The summed E-state index contributed by atoms with van der Waals surface area (Å²) >= 11 is 0. The SMILES string of the molecule is O=C(NCCOCC(F)F)c1ccncc1F. The molecule has 0 aliphatic heterocycles. The predicted octanol–water partition coefficient (Wildman–Crippen LogP) is 1.23. The van der Waals surface area contributed by atoms with E-state index in [9.17, 15) is 18.0 Å². The molecule has 1 aromatic heterocycles. The number of nitrogens with zero attached hydrogens (tertiary/aromatic N) is 1. The van der Waals surface area contributed by atoms with Crippen LogP contribution in [0.4, 0.5) is 13.2 Å². The molecule has 0 saturated carbocycles. The molecule has 1 N–H and O–H groups in total. The van der Waals surface area contributed by atoms with Gasteiger partial charge < -0.3 is 10.1 Å². The summed E-state index contributed by atoms with van der Waals surface area (Å²) < 4.78 is 40.9. The normalized spacial score (nSPS) is 10.6. The molecule has 0 radical (unpaired) electrons. The van der Waals surface area contributed by atoms with Crippen LogP contribution in [0, 0.1) is 5.82 Å². The minimum absolute atomic E-state index is 0.0350. The highest BCUT2D eigenvalue weighted by Crippen LogP contribution is 2.03. The van der Waals surface area contributed by atoms with Crippen LogP contribution in [0.2, 0.25) is 0 Å². The molecule has 1 aromatic rings. The Morgan fingerprint density at radius 3 is 2.94 bits per heavy atom. The number of carbonyl (C=O) groups excluding carboxylic acids is 1. The maximum atomic E-state index is 13.1. The molecule has 0 unspecified atom stereocenters. The number of aromatic nitrogens is 1. The van der Waals surface area contributed by atoms with Gasteiger partial charge in [-0.2, -0.15) is 0 Å². The summed E-state index contributed by atoms with van der Waals surface area (Å²) in [5, 5.41) is 2.34. The second-order valence-electron chi connectivity index (χ2n) is 3.08. The fourth-order valence-electron chi connectivity index (χ4n) is 1.06. The molecular weight excluding hydrogens is 237 g/mol. The van der Waals surface area contributed by atoms with E-state index in [1.165, 1.54) is 12.3 Å². The first-order valence-corrected chi connectivity index (χ1v) is 4.85. The highest BCUT2D eigenvalue weighted by Gasteiger charge is 2.10. The number of nitrogens with one attached hydrogen (secondary N) is 1. The van der Waals surface area contributed by atoms with Gasteiger partial charge >= 0.3 is 0 Å². The van der Waals surface area contributed by atoms with Crippen molar-refractivity contribution in [3.8, 4) is 0 Å². The lowest BCUT2D eigenvalue weighted by molar-refractivity contribution is 0.0188. The smallest absolute Gasteiger partial charge is 0.261 e. The van der Waals surface area contributed by atoms with E-state index in [2.05, 4.69) is 15.0 Å². The molecule has 0 spiro atoms. The van der Waals surface area contributed by atoms with Gasteiger partial charge in [-0.25, -0.2) is 13.2 Å². The van der Waals surface area contributed by atoms with Crippen molar-refractivity contribution in [2.75, 3.05) is 19.8 Å². The molecule has 0 fully saturated rings. The lowest BCUT2D eigenvalue weighted by Crippen LogP contribution is -2.28. The first kappa shape index (κ1) is 13.4. The van der Waals surface area contributed by atoms with Crippen molar-refractivity contribution in [3.63, 3.8) is 0 Å². The van der Waals surface area contributed by atoms with Crippen molar-refractivity contribution in [1.82, 2.24) is 10.3 Å². The number of pyridine rings is 1. The Hall–Kier alpha value is -1.63. The second kappa shape index (κ2) is 6.85. The van der Waals surface area contributed by atoms with Gasteiger partial charge in [0.15, 0.2) is 5.82 Å². The Bertz CT molecular complexity index is 374. The van der Waals surface area contributed by atoms with Crippen molar-refractivity contribution in [2.45, 2.75) is 6.43 Å². The van der Waals surface area contributed by atoms with E-state index in [0.717, 1.165) is 6.20 Å². The van der Waals surface area contributed by atoms with Gasteiger partial charge in [0, 0.05) is 12.7 Å². The van der Waals surface area contributed by atoms with Gasteiger partial charge in [0.05, 0.1) is 18.4 Å². The van der Waals surface area contributed by atoms with E-state index < -0.39 is 24.8 Å². The zero-order chi connectivity index (χ0) is 12.7. The van der Waals surface area contributed by atoms with Gasteiger partial charge in [0.25, 0.3) is 12.3 Å². The Balaban J connectivity index is 2.29. The summed E-state index contributed by atoms with van der Waals surface area (Å²) in [6.45, 7) is -0.699. The maximum Gasteiger partial charge on any atom is 0.261 e. The quantitative estimate of drug-likeness (QED) is 0.770. The summed E-state index contributed by atoms with van der Waals surface area (Å²) in [5.41, 5.74) is -0.145. The molecule has 1 heterocycles. The largest absolute Gasteiger partial charge is 0.374 e. The highest BCUT2D eigenvalue weighted by molar-refractivity contribution is 5.94. The molecule has 4 nitrogen and oxygen atoms in total. The van der Waals surface area contributed by atoms with Crippen LogP contribution in [0.5, 0.6) is 0 Å². The van der Waals surface area contributed by atoms with Crippen LogP contribution in [-0.2, 0) is 4.74 Å². The zero-order valence-electron chi connectivity index (χ0n) is 8.83. The van der Waals surface area contributed by atoms with Crippen LogP contribution < -0.4 is 5.32 Å². The standard InChI is InChI=1S/C10H11F3N2O2/c11-8-5-14-2-1-7(8)10(16)15-3-4-17-6-9(12)13/h1-2,5,9H,3-4,6H2,(H,15,16). The molecule has 0 saturated heterocycles. The Kier molecular flexibility index (Phi) is 5.41. The number of ether oxygens (including phenoxy) is 1. The maximum absolute atomic E-state index is 13.1. The molecule has 1 amide bonds. The Morgan fingerprint density at radius 2 is 2.29 bits per heavy atom. The van der Waals surface area contributed by atoms with E-state index in [0.29, 0.717) is 0 Å². The lowest BCUT2D eigenvalue weighted by Gasteiger charge is -2.06. The minimum Gasteiger partial charge on any atom is -0.374 e. The third-order valence-electron chi connectivity index (χ3n) is 1.79. The Labute approximate surface area is 95.8 Å². The molecule has 0 bridgehead atoms. The van der Waals surface area contributed by atoms with E-state index in [4.69, 9.17) is 0 Å². The summed E-state index contributed by atoms with van der Waals surface area (Å²) in [6.07, 6.45) is -0.337. The van der Waals surface area contributed by atoms with E-state index in [-0.39, 0.29) is 18.7 Å². The zero-order valence-corrected chi connectivity index (χ0v) is 8.83. The molecule has 0 aromatic carbocycles. The van der Waals surface area contributed by atoms with Crippen molar-refractivity contribution in [3.05, 3.63) is 29.8 Å². The molecule has 1 rings (SSSR count). The first-order valence-electron chi connectivity index (χ1n) is 4.85. The molecule has 94 valence electrons. The van der Waals surface area contributed by atoms with Crippen LogP contribution in [0.1, 0.15) is 10.4 Å². The van der Waals surface area contributed by atoms with Crippen LogP contribution in [0.25, 0.3) is 0 Å². The lowest BCUT2D eigenvalue weighted by atomic mass is 10.2. The van der Waals surface area contributed by atoms with Crippen LogP contribution in [0.3, 0.4) is 0 Å². The van der Waals surface area contributed by atoms with Gasteiger partial charge in [-0.15, -0.1) is 0 Å². The molecule has 17 heavy (non-hydrogen) atoms. The summed E-state index contributed by atoms with van der Waals surface area (Å²) in [7, 11) is 0. The van der Waals surface area contributed by atoms with Crippen molar-refractivity contribution in [2.24, 2.45) is 0 Å². The third-order valence-corrected chi connectivity index (χ3v) is 1.79.